The van der Waals surface area contributed by atoms with Gasteiger partial charge in [0, 0.05) is 18.2 Å². The maximum absolute atomic E-state index is 13.2. The Morgan fingerprint density at radius 3 is 2.67 bits per heavy atom. The summed E-state index contributed by atoms with van der Waals surface area (Å²) in [7, 11) is 1.59. The molecule has 0 aliphatic rings. The van der Waals surface area contributed by atoms with E-state index in [1.165, 1.54) is 0 Å². The summed E-state index contributed by atoms with van der Waals surface area (Å²) in [4.78, 5) is 0. The molecule has 0 amide bonds. The predicted molar refractivity (Wildman–Crippen MR) is 50.0 cm³/mol. The lowest BCUT2D eigenvalue weighted by Gasteiger charge is -2.11. The molecule has 0 bridgehead atoms. The van der Waals surface area contributed by atoms with Crippen LogP contribution in [0.15, 0.2) is 12.1 Å². The Morgan fingerprint density at radius 2 is 2.13 bits per heavy atom. The second-order valence-electron chi connectivity index (χ2n) is 3.04. The van der Waals surface area contributed by atoms with Crippen molar-refractivity contribution in [2.24, 2.45) is 0 Å². The summed E-state index contributed by atoms with van der Waals surface area (Å²) in [5.74, 6) is -1.77. The fourth-order valence-electron chi connectivity index (χ4n) is 1.21. The summed E-state index contributed by atoms with van der Waals surface area (Å²) < 4.78 is 26.1. The number of hydrogen-bond donors (Lipinski definition) is 2. The summed E-state index contributed by atoms with van der Waals surface area (Å²) in [6.45, 7) is 0.132. The van der Waals surface area contributed by atoms with E-state index >= 15 is 0 Å². The van der Waals surface area contributed by atoms with Crippen LogP contribution in [0.3, 0.4) is 0 Å². The minimum absolute atomic E-state index is 0.0812. The molecule has 2 N–H and O–H groups in total. The Morgan fingerprint density at radius 1 is 1.47 bits per heavy atom. The molecule has 0 radical (unpaired) electrons. The van der Waals surface area contributed by atoms with E-state index in [-0.39, 0.29) is 17.7 Å². The smallest absolute Gasteiger partial charge is 0.143 e. The van der Waals surface area contributed by atoms with Crippen molar-refractivity contribution in [3.05, 3.63) is 34.9 Å². The van der Waals surface area contributed by atoms with Crippen molar-refractivity contribution < 1.29 is 13.9 Å². The van der Waals surface area contributed by atoms with Gasteiger partial charge in [-0.15, -0.1) is 0 Å². The molecule has 1 aromatic rings. The first kappa shape index (κ1) is 11.6. The van der Waals surface area contributed by atoms with Crippen molar-refractivity contribution in [1.29, 1.82) is 5.26 Å². The second-order valence-corrected chi connectivity index (χ2v) is 3.04. The minimum atomic E-state index is -1.09. The Labute approximate surface area is 86.0 Å². The fourth-order valence-corrected chi connectivity index (χ4v) is 1.21. The molecule has 0 saturated heterocycles. The van der Waals surface area contributed by atoms with E-state index in [0.29, 0.717) is 6.07 Å². The number of nitrogens with one attached hydrogen (secondary N) is 1. The predicted octanol–water partition coefficient (Wildman–Crippen LogP) is 1.09. The van der Waals surface area contributed by atoms with Crippen molar-refractivity contribution in [3.63, 3.8) is 0 Å². The first-order valence-electron chi connectivity index (χ1n) is 4.31. The van der Waals surface area contributed by atoms with E-state index in [2.05, 4.69) is 5.32 Å². The van der Waals surface area contributed by atoms with Gasteiger partial charge in [-0.3, -0.25) is 0 Å². The number of likely N-dealkylation sites (N-methyl/N-ethyl adjacent to an activating group) is 1. The summed E-state index contributed by atoms with van der Waals surface area (Å²) in [6, 6.07) is 3.21. The van der Waals surface area contributed by atoms with Crippen LogP contribution < -0.4 is 5.32 Å². The van der Waals surface area contributed by atoms with Gasteiger partial charge >= 0.3 is 0 Å². The van der Waals surface area contributed by atoms with E-state index in [4.69, 9.17) is 5.26 Å². The van der Waals surface area contributed by atoms with Crippen LogP contribution in [-0.4, -0.2) is 18.7 Å². The minimum Gasteiger partial charge on any atom is -0.387 e. The average Bonchev–Trinajstić information content (AvgIpc) is 2.18. The monoisotopic (exact) mass is 212 g/mol. The molecule has 0 heterocycles. The highest BCUT2D eigenvalue weighted by molar-refractivity contribution is 5.36. The standard InChI is InChI=1S/C10H10F2N2O/c1-14-5-10(15)7-2-6(4-13)8(11)3-9(7)12/h2-3,10,14-15H,5H2,1H3. The highest BCUT2D eigenvalue weighted by atomic mass is 19.1. The van der Waals surface area contributed by atoms with Crippen molar-refractivity contribution in [1.82, 2.24) is 5.32 Å². The Hall–Kier alpha value is -1.51. The molecule has 15 heavy (non-hydrogen) atoms. The number of nitriles is 1. The van der Waals surface area contributed by atoms with Crippen LogP contribution in [0.4, 0.5) is 8.78 Å². The van der Waals surface area contributed by atoms with Gasteiger partial charge in [0.15, 0.2) is 0 Å². The number of benzene rings is 1. The average molecular weight is 212 g/mol. The van der Waals surface area contributed by atoms with Crippen LogP contribution >= 0.6 is 0 Å². The fraction of sp³-hybridized carbons (Fsp3) is 0.300. The normalized spacial score (nSPS) is 12.2. The molecule has 5 heteroatoms. The zero-order chi connectivity index (χ0) is 11.4. The molecule has 3 nitrogen and oxygen atoms in total. The third-order valence-electron chi connectivity index (χ3n) is 1.96. The van der Waals surface area contributed by atoms with Gasteiger partial charge in [-0.05, 0) is 13.1 Å². The van der Waals surface area contributed by atoms with Gasteiger partial charge in [0.25, 0.3) is 0 Å². The highest BCUT2D eigenvalue weighted by Crippen LogP contribution is 2.20. The molecule has 0 aliphatic heterocycles. The molecule has 1 aromatic carbocycles. The van der Waals surface area contributed by atoms with Gasteiger partial charge in [-0.2, -0.15) is 5.26 Å². The molecule has 0 aromatic heterocycles. The van der Waals surface area contributed by atoms with Crippen molar-refractivity contribution >= 4 is 0 Å². The van der Waals surface area contributed by atoms with E-state index < -0.39 is 17.7 Å². The zero-order valence-electron chi connectivity index (χ0n) is 8.09. The van der Waals surface area contributed by atoms with E-state index in [9.17, 15) is 13.9 Å². The molecular weight excluding hydrogens is 202 g/mol. The van der Waals surface area contributed by atoms with Crippen molar-refractivity contribution in [2.45, 2.75) is 6.10 Å². The lowest BCUT2D eigenvalue weighted by molar-refractivity contribution is 0.173. The van der Waals surface area contributed by atoms with Crippen molar-refractivity contribution in [2.75, 3.05) is 13.6 Å². The number of halogens is 2. The molecule has 0 aliphatic carbocycles. The van der Waals surface area contributed by atoms with Gasteiger partial charge < -0.3 is 10.4 Å². The number of aliphatic hydroxyl groups is 1. The number of rotatable bonds is 3. The van der Waals surface area contributed by atoms with Crippen LogP contribution in [0, 0.1) is 23.0 Å². The van der Waals surface area contributed by atoms with Gasteiger partial charge in [0.2, 0.25) is 0 Å². The van der Waals surface area contributed by atoms with Crippen LogP contribution in [0.25, 0.3) is 0 Å². The quantitative estimate of drug-likeness (QED) is 0.788. The number of nitrogens with zero attached hydrogens (tertiary/aromatic N) is 1. The molecule has 1 atom stereocenters. The maximum atomic E-state index is 13.2. The largest absolute Gasteiger partial charge is 0.387 e. The lowest BCUT2D eigenvalue weighted by atomic mass is 10.1. The Kier molecular flexibility index (Phi) is 3.72. The summed E-state index contributed by atoms with van der Waals surface area (Å²) in [5.41, 5.74) is -0.358. The molecule has 1 unspecified atom stereocenters. The third-order valence-corrected chi connectivity index (χ3v) is 1.96. The lowest BCUT2D eigenvalue weighted by Crippen LogP contribution is -2.18. The molecule has 1 rings (SSSR count). The second kappa shape index (κ2) is 4.82. The topological polar surface area (TPSA) is 56.0 Å². The van der Waals surface area contributed by atoms with Gasteiger partial charge in [0.05, 0.1) is 11.7 Å². The summed E-state index contributed by atoms with van der Waals surface area (Å²) in [6.07, 6.45) is -1.09. The van der Waals surface area contributed by atoms with E-state index in [1.807, 2.05) is 0 Å². The summed E-state index contributed by atoms with van der Waals surface area (Å²) >= 11 is 0. The van der Waals surface area contributed by atoms with Gasteiger partial charge in [-0.25, -0.2) is 8.78 Å². The number of aliphatic hydroxyl groups excluding tert-OH is 1. The molecule has 0 spiro atoms. The molecule has 0 saturated carbocycles. The van der Waals surface area contributed by atoms with Crippen LogP contribution in [-0.2, 0) is 0 Å². The first-order valence-corrected chi connectivity index (χ1v) is 4.31. The Balaban J connectivity index is 3.14. The van der Waals surface area contributed by atoms with E-state index in [1.54, 1.807) is 13.1 Å². The van der Waals surface area contributed by atoms with Gasteiger partial charge in [0.1, 0.15) is 17.7 Å². The first-order chi connectivity index (χ1) is 7.10. The third kappa shape index (κ3) is 2.49. The van der Waals surface area contributed by atoms with Crippen LogP contribution in [0.5, 0.6) is 0 Å². The van der Waals surface area contributed by atoms with Crippen LogP contribution in [0.2, 0.25) is 0 Å². The van der Waals surface area contributed by atoms with E-state index in [0.717, 1.165) is 6.07 Å². The molecule has 0 fully saturated rings. The highest BCUT2D eigenvalue weighted by Gasteiger charge is 2.15. The SMILES string of the molecule is CNCC(O)c1cc(C#N)c(F)cc1F. The van der Waals surface area contributed by atoms with Gasteiger partial charge in [-0.1, -0.05) is 0 Å². The molecular formula is C10H10F2N2O. The number of hydrogen-bond acceptors (Lipinski definition) is 3. The van der Waals surface area contributed by atoms with Crippen molar-refractivity contribution in [3.8, 4) is 6.07 Å². The summed E-state index contributed by atoms with van der Waals surface area (Å²) in [5, 5.41) is 20.7. The zero-order valence-corrected chi connectivity index (χ0v) is 8.09. The van der Waals surface area contributed by atoms with Crippen LogP contribution in [0.1, 0.15) is 17.2 Å². The molecule has 80 valence electrons. The maximum Gasteiger partial charge on any atom is 0.143 e. The Bertz CT molecular complexity index is 401.